The van der Waals surface area contributed by atoms with Gasteiger partial charge in [0.25, 0.3) is 0 Å². The molecule has 3 amide bonds. The van der Waals surface area contributed by atoms with Gasteiger partial charge in [-0.25, -0.2) is 4.79 Å². The molecule has 0 spiro atoms. The van der Waals surface area contributed by atoms with Gasteiger partial charge in [-0.1, -0.05) is 60.2 Å². The Balaban J connectivity index is 1.41. The molecule has 1 heterocycles. The summed E-state index contributed by atoms with van der Waals surface area (Å²) in [5.41, 5.74) is 3.53. The van der Waals surface area contributed by atoms with Crippen LogP contribution in [0.2, 0.25) is 0 Å². The lowest BCUT2D eigenvalue weighted by atomic mass is 10.1. The zero-order chi connectivity index (χ0) is 18.4. The summed E-state index contributed by atoms with van der Waals surface area (Å²) >= 11 is 0. The second-order valence-electron chi connectivity index (χ2n) is 6.70. The molecule has 0 bridgehead atoms. The first-order valence-electron chi connectivity index (χ1n) is 9.02. The van der Waals surface area contributed by atoms with Gasteiger partial charge >= 0.3 is 6.03 Å². The van der Waals surface area contributed by atoms with Crippen LogP contribution in [0.15, 0.2) is 54.6 Å². The molecule has 1 saturated heterocycles. The number of urea groups is 1. The van der Waals surface area contributed by atoms with Gasteiger partial charge in [-0.2, -0.15) is 0 Å². The molecular weight excluding hydrogens is 326 g/mol. The standard InChI is InChI=1S/C21H25N3O2/c1-17-7-9-18(10-8-17)11-12-22-20(25)16-24-14-13-23(21(24)26)15-19-5-3-2-4-6-19/h2-10H,11-16H2,1H3,(H,22,25). The number of carbonyl (C=O) groups excluding carboxylic acids is 2. The number of nitrogens with one attached hydrogen (secondary N) is 1. The first-order valence-corrected chi connectivity index (χ1v) is 9.02. The lowest BCUT2D eigenvalue weighted by Gasteiger charge is -2.18. The quantitative estimate of drug-likeness (QED) is 0.834. The van der Waals surface area contributed by atoms with Crippen LogP contribution in [0.25, 0.3) is 0 Å². The summed E-state index contributed by atoms with van der Waals surface area (Å²) in [4.78, 5) is 28.0. The molecule has 0 aromatic heterocycles. The maximum Gasteiger partial charge on any atom is 0.320 e. The minimum absolute atomic E-state index is 0.0671. The van der Waals surface area contributed by atoms with E-state index in [-0.39, 0.29) is 18.5 Å². The number of carbonyl (C=O) groups is 2. The molecule has 5 heteroatoms. The number of rotatable bonds is 7. The van der Waals surface area contributed by atoms with Crippen LogP contribution >= 0.6 is 0 Å². The van der Waals surface area contributed by atoms with E-state index in [2.05, 4.69) is 36.5 Å². The van der Waals surface area contributed by atoms with E-state index in [0.29, 0.717) is 26.2 Å². The minimum atomic E-state index is -0.105. The van der Waals surface area contributed by atoms with E-state index >= 15 is 0 Å². The molecule has 26 heavy (non-hydrogen) atoms. The van der Waals surface area contributed by atoms with Crippen LogP contribution < -0.4 is 5.32 Å². The second-order valence-corrected chi connectivity index (χ2v) is 6.70. The molecule has 5 nitrogen and oxygen atoms in total. The molecule has 136 valence electrons. The van der Waals surface area contributed by atoms with Crippen molar-refractivity contribution in [2.24, 2.45) is 0 Å². The molecule has 1 fully saturated rings. The Morgan fingerprint density at radius 2 is 1.65 bits per heavy atom. The van der Waals surface area contributed by atoms with Crippen LogP contribution in [0.3, 0.4) is 0 Å². The van der Waals surface area contributed by atoms with Crippen LogP contribution in [0.1, 0.15) is 16.7 Å². The van der Waals surface area contributed by atoms with Crippen molar-refractivity contribution in [3.8, 4) is 0 Å². The van der Waals surface area contributed by atoms with E-state index in [4.69, 9.17) is 0 Å². The van der Waals surface area contributed by atoms with Crippen molar-refractivity contribution in [3.05, 3.63) is 71.3 Å². The van der Waals surface area contributed by atoms with E-state index in [9.17, 15) is 9.59 Å². The Morgan fingerprint density at radius 1 is 0.962 bits per heavy atom. The highest BCUT2D eigenvalue weighted by Crippen LogP contribution is 2.13. The number of amides is 3. The third-order valence-electron chi connectivity index (χ3n) is 4.59. The maximum atomic E-state index is 12.4. The Hall–Kier alpha value is -2.82. The molecule has 0 radical (unpaired) electrons. The monoisotopic (exact) mass is 351 g/mol. The smallest absolute Gasteiger partial charge is 0.320 e. The minimum Gasteiger partial charge on any atom is -0.354 e. The topological polar surface area (TPSA) is 52.7 Å². The number of benzene rings is 2. The molecule has 0 aliphatic carbocycles. The molecule has 0 unspecified atom stereocenters. The molecule has 3 rings (SSSR count). The second kappa shape index (κ2) is 8.52. The fourth-order valence-corrected chi connectivity index (χ4v) is 3.06. The van der Waals surface area contributed by atoms with Crippen molar-refractivity contribution in [1.82, 2.24) is 15.1 Å². The van der Waals surface area contributed by atoms with Crippen LogP contribution in [-0.2, 0) is 17.8 Å². The van der Waals surface area contributed by atoms with Crippen LogP contribution in [-0.4, -0.2) is 47.9 Å². The Labute approximate surface area is 154 Å². The Bertz CT molecular complexity index is 744. The van der Waals surface area contributed by atoms with Gasteiger partial charge in [0.2, 0.25) is 5.91 Å². The van der Waals surface area contributed by atoms with Crippen LogP contribution in [0.5, 0.6) is 0 Å². The number of aryl methyl sites for hydroxylation is 1. The number of hydrogen-bond acceptors (Lipinski definition) is 2. The van der Waals surface area contributed by atoms with Gasteiger partial charge in [-0.3, -0.25) is 4.79 Å². The highest BCUT2D eigenvalue weighted by atomic mass is 16.2. The van der Waals surface area contributed by atoms with Crippen LogP contribution in [0.4, 0.5) is 4.79 Å². The van der Waals surface area contributed by atoms with Gasteiger partial charge in [-0.15, -0.1) is 0 Å². The zero-order valence-electron chi connectivity index (χ0n) is 15.1. The maximum absolute atomic E-state index is 12.4. The number of hydrogen-bond donors (Lipinski definition) is 1. The SMILES string of the molecule is Cc1ccc(CCNC(=O)CN2CCN(Cc3ccccc3)C2=O)cc1. The average Bonchev–Trinajstić information content (AvgIpc) is 2.98. The lowest BCUT2D eigenvalue weighted by molar-refractivity contribution is -0.121. The van der Waals surface area contributed by atoms with Gasteiger partial charge in [0.1, 0.15) is 6.54 Å². The molecule has 0 atom stereocenters. The summed E-state index contributed by atoms with van der Waals surface area (Å²) < 4.78 is 0. The van der Waals surface area contributed by atoms with Gasteiger partial charge in [0.05, 0.1) is 0 Å². The first kappa shape index (κ1) is 18.0. The highest BCUT2D eigenvalue weighted by molar-refractivity contribution is 5.85. The first-order chi connectivity index (χ1) is 12.6. The average molecular weight is 351 g/mol. The molecule has 2 aromatic rings. The van der Waals surface area contributed by atoms with E-state index in [1.807, 2.05) is 30.3 Å². The molecule has 2 aromatic carbocycles. The Morgan fingerprint density at radius 3 is 2.38 bits per heavy atom. The fraction of sp³-hybridized carbons (Fsp3) is 0.333. The predicted octanol–water partition coefficient (Wildman–Crippen LogP) is 2.59. The summed E-state index contributed by atoms with van der Waals surface area (Å²) in [6.07, 6.45) is 0.792. The van der Waals surface area contributed by atoms with Gasteiger partial charge < -0.3 is 15.1 Å². The van der Waals surface area contributed by atoms with E-state index in [0.717, 1.165) is 12.0 Å². The van der Waals surface area contributed by atoms with Crippen molar-refractivity contribution >= 4 is 11.9 Å². The molecular formula is C21H25N3O2. The van der Waals surface area contributed by atoms with Crippen molar-refractivity contribution in [1.29, 1.82) is 0 Å². The van der Waals surface area contributed by atoms with Crippen molar-refractivity contribution in [3.63, 3.8) is 0 Å². The van der Waals surface area contributed by atoms with E-state index in [1.165, 1.54) is 11.1 Å². The molecule has 1 aliphatic rings. The number of nitrogens with zero attached hydrogens (tertiary/aromatic N) is 2. The molecule has 1 aliphatic heterocycles. The van der Waals surface area contributed by atoms with Crippen molar-refractivity contribution < 1.29 is 9.59 Å². The largest absolute Gasteiger partial charge is 0.354 e. The summed E-state index contributed by atoms with van der Waals surface area (Å²) in [7, 11) is 0. The summed E-state index contributed by atoms with van der Waals surface area (Å²) in [6.45, 7) is 4.60. The van der Waals surface area contributed by atoms with E-state index < -0.39 is 0 Å². The van der Waals surface area contributed by atoms with Gasteiger partial charge in [0.15, 0.2) is 0 Å². The fourth-order valence-electron chi connectivity index (χ4n) is 3.06. The van der Waals surface area contributed by atoms with E-state index in [1.54, 1.807) is 9.80 Å². The molecule has 1 N–H and O–H groups in total. The van der Waals surface area contributed by atoms with Crippen LogP contribution in [0, 0.1) is 6.92 Å². The zero-order valence-corrected chi connectivity index (χ0v) is 15.1. The summed E-state index contributed by atoms with van der Waals surface area (Å²) in [6, 6.07) is 18.1. The van der Waals surface area contributed by atoms with Gasteiger partial charge in [-0.05, 0) is 24.5 Å². The van der Waals surface area contributed by atoms with Gasteiger partial charge in [0, 0.05) is 26.2 Å². The molecule has 0 saturated carbocycles. The summed E-state index contributed by atoms with van der Waals surface area (Å²) in [5.74, 6) is -0.105. The summed E-state index contributed by atoms with van der Waals surface area (Å²) in [5, 5.41) is 2.91. The Kier molecular flexibility index (Phi) is 5.89. The third kappa shape index (κ3) is 4.85. The van der Waals surface area contributed by atoms with Crippen molar-refractivity contribution in [2.45, 2.75) is 19.9 Å². The van der Waals surface area contributed by atoms with Crippen molar-refractivity contribution in [2.75, 3.05) is 26.2 Å². The normalized spacial score (nSPS) is 14.0. The third-order valence-corrected chi connectivity index (χ3v) is 4.59. The predicted molar refractivity (Wildman–Crippen MR) is 102 cm³/mol. The lowest BCUT2D eigenvalue weighted by Crippen LogP contribution is -2.40. The highest BCUT2D eigenvalue weighted by Gasteiger charge is 2.29.